The first-order valence-electron chi connectivity index (χ1n) is 11.9. The number of hydrogen-bond acceptors (Lipinski definition) is 8. The first kappa shape index (κ1) is 27.3. The van der Waals surface area contributed by atoms with E-state index in [-0.39, 0.29) is 56.5 Å². The van der Waals surface area contributed by atoms with Crippen LogP contribution in [-0.2, 0) is 4.79 Å². The Morgan fingerprint density at radius 3 is 2.57 bits per heavy atom. The minimum atomic E-state index is -4.18. The summed E-state index contributed by atoms with van der Waals surface area (Å²) < 4.78 is 54.1. The topological polar surface area (TPSA) is 128 Å². The van der Waals surface area contributed by atoms with Crippen molar-refractivity contribution in [1.29, 1.82) is 0 Å². The molecule has 1 aromatic rings. The summed E-state index contributed by atoms with van der Waals surface area (Å²) >= 11 is 0. The number of alkyl halides is 3. The Kier molecular flexibility index (Phi) is 8.76. The number of nitrogens with zero attached hydrogens (tertiary/aromatic N) is 4. The van der Waals surface area contributed by atoms with E-state index in [9.17, 15) is 28.2 Å². The van der Waals surface area contributed by atoms with Crippen molar-refractivity contribution in [3.8, 4) is 0 Å². The number of carbonyl (C=O) groups excluding carboxylic acids is 1. The van der Waals surface area contributed by atoms with Crippen LogP contribution in [0.1, 0.15) is 39.0 Å². The molecule has 1 saturated carbocycles. The molecule has 2 heterocycles. The molecule has 2 aliphatic rings. The molecular formula is C22H34F4N6O3. The Morgan fingerprint density at radius 2 is 2.00 bits per heavy atom. The summed E-state index contributed by atoms with van der Waals surface area (Å²) in [5, 5.41) is 24.0. The molecule has 1 aliphatic heterocycles. The van der Waals surface area contributed by atoms with E-state index in [0.717, 1.165) is 0 Å². The third kappa shape index (κ3) is 6.91. The second-order valence-corrected chi connectivity index (χ2v) is 9.58. The molecule has 0 radical (unpaired) electrons. The quantitative estimate of drug-likeness (QED) is 0.371. The number of nitrogens with two attached hydrogens (primary N) is 1. The van der Waals surface area contributed by atoms with Gasteiger partial charge >= 0.3 is 6.18 Å². The Morgan fingerprint density at radius 1 is 1.31 bits per heavy atom. The predicted octanol–water partition coefficient (Wildman–Crippen LogP) is 1.51. The zero-order valence-corrected chi connectivity index (χ0v) is 19.8. The predicted molar refractivity (Wildman–Crippen MR) is 121 cm³/mol. The van der Waals surface area contributed by atoms with Gasteiger partial charge in [0.15, 0.2) is 11.6 Å². The molecule has 1 aromatic heterocycles. The van der Waals surface area contributed by atoms with Gasteiger partial charge in [-0.1, -0.05) is 0 Å². The molecule has 0 aromatic carbocycles. The van der Waals surface area contributed by atoms with E-state index in [1.54, 1.807) is 9.80 Å². The van der Waals surface area contributed by atoms with Crippen molar-refractivity contribution in [3.05, 3.63) is 12.1 Å². The summed E-state index contributed by atoms with van der Waals surface area (Å²) in [5.74, 6) is -2.65. The maximum Gasteiger partial charge on any atom is 0.391 e. The van der Waals surface area contributed by atoms with Crippen LogP contribution in [0.4, 0.5) is 29.2 Å². The van der Waals surface area contributed by atoms with Crippen molar-refractivity contribution in [1.82, 2.24) is 14.9 Å². The fourth-order valence-electron chi connectivity index (χ4n) is 4.88. The zero-order valence-electron chi connectivity index (χ0n) is 19.8. The Bertz CT molecular complexity index is 868. The summed E-state index contributed by atoms with van der Waals surface area (Å²) in [7, 11) is 0. The Hall–Kier alpha value is -2.25. The van der Waals surface area contributed by atoms with Crippen LogP contribution < -0.4 is 16.0 Å². The van der Waals surface area contributed by atoms with Crippen LogP contribution in [0.3, 0.4) is 0 Å². The Balaban J connectivity index is 1.61. The number of rotatable bonds is 9. The van der Waals surface area contributed by atoms with Gasteiger partial charge in [-0.15, -0.1) is 0 Å². The highest BCUT2D eigenvalue weighted by Gasteiger charge is 2.42. The molecule has 5 N–H and O–H groups in total. The molecule has 3 rings (SSSR count). The van der Waals surface area contributed by atoms with Gasteiger partial charge in [0.05, 0.1) is 18.6 Å². The first-order valence-corrected chi connectivity index (χ1v) is 11.9. The number of carbonyl (C=O) groups is 1. The normalized spacial score (nSPS) is 28.0. The van der Waals surface area contributed by atoms with Crippen molar-refractivity contribution in [2.75, 3.05) is 49.5 Å². The van der Waals surface area contributed by atoms with Crippen molar-refractivity contribution in [3.63, 3.8) is 0 Å². The molecule has 1 aliphatic carbocycles. The minimum absolute atomic E-state index is 0.000713. The molecular weight excluding hydrogens is 472 g/mol. The van der Waals surface area contributed by atoms with Gasteiger partial charge < -0.3 is 26.2 Å². The average molecular weight is 507 g/mol. The summed E-state index contributed by atoms with van der Waals surface area (Å²) in [4.78, 5) is 22.4. The van der Waals surface area contributed by atoms with Crippen LogP contribution in [0, 0.1) is 17.7 Å². The number of halogens is 4. The molecule has 1 saturated heterocycles. The number of hydrogen-bond donors (Lipinski definition) is 4. The van der Waals surface area contributed by atoms with Crippen LogP contribution in [-0.4, -0.2) is 88.1 Å². The molecule has 1 amide bonds. The molecule has 35 heavy (non-hydrogen) atoms. The molecule has 198 valence electrons. The van der Waals surface area contributed by atoms with Gasteiger partial charge in [0.25, 0.3) is 0 Å². The number of likely N-dealkylation sites (tertiary alicyclic amines) is 1. The number of nitrogens with one attached hydrogen (secondary N) is 1. The fourth-order valence-corrected chi connectivity index (χ4v) is 4.88. The van der Waals surface area contributed by atoms with Crippen LogP contribution >= 0.6 is 0 Å². The summed E-state index contributed by atoms with van der Waals surface area (Å²) in [6.45, 7) is 2.76. The smallest absolute Gasteiger partial charge is 0.389 e. The lowest BCUT2D eigenvalue weighted by Gasteiger charge is -2.41. The molecule has 2 fully saturated rings. The average Bonchev–Trinajstić information content (AvgIpc) is 2.79. The monoisotopic (exact) mass is 506 g/mol. The molecule has 9 nitrogen and oxygen atoms in total. The van der Waals surface area contributed by atoms with Gasteiger partial charge in [-0.25, -0.2) is 9.97 Å². The third-order valence-electron chi connectivity index (χ3n) is 7.09. The lowest BCUT2D eigenvalue weighted by Crippen LogP contribution is -2.59. The number of aromatic nitrogens is 2. The number of anilines is 2. The second kappa shape index (κ2) is 11.2. The van der Waals surface area contributed by atoms with Crippen LogP contribution in [0.2, 0.25) is 0 Å². The Labute approximate surface area is 201 Å². The lowest BCUT2D eigenvalue weighted by atomic mass is 9.81. The van der Waals surface area contributed by atoms with Crippen LogP contribution in [0.25, 0.3) is 0 Å². The van der Waals surface area contributed by atoms with E-state index in [0.29, 0.717) is 32.5 Å². The maximum absolute atomic E-state index is 15.3. The van der Waals surface area contributed by atoms with E-state index in [2.05, 4.69) is 15.3 Å². The first-order chi connectivity index (χ1) is 16.4. The van der Waals surface area contributed by atoms with Crippen LogP contribution in [0.5, 0.6) is 0 Å². The highest BCUT2D eigenvalue weighted by atomic mass is 19.4. The van der Waals surface area contributed by atoms with Gasteiger partial charge in [0, 0.05) is 32.7 Å². The maximum atomic E-state index is 15.3. The van der Waals surface area contributed by atoms with Gasteiger partial charge in [0.2, 0.25) is 11.7 Å². The largest absolute Gasteiger partial charge is 0.391 e. The van der Waals surface area contributed by atoms with Gasteiger partial charge in [-0.2, -0.15) is 17.6 Å². The number of aliphatic hydroxyl groups excluding tert-OH is 1. The lowest BCUT2D eigenvalue weighted by molar-refractivity contribution is -0.183. The van der Waals surface area contributed by atoms with Gasteiger partial charge in [-0.05, 0) is 44.9 Å². The SMILES string of the molecule is CCN(CC1CCC(C(F)(F)F)CC1)c1ncnc(NCC2(O)CCN(CC(N)=O)CC2O)c1F. The minimum Gasteiger partial charge on any atom is -0.389 e. The molecule has 0 bridgehead atoms. The number of primary amides is 1. The van der Waals surface area contributed by atoms with Crippen molar-refractivity contribution < 1.29 is 32.6 Å². The number of aliphatic hydroxyl groups is 2. The molecule has 13 heteroatoms. The highest BCUT2D eigenvalue weighted by molar-refractivity contribution is 5.75. The van der Waals surface area contributed by atoms with E-state index >= 15 is 4.39 Å². The number of β-amino-alcohol motifs (C(OH)–C–C–N with tert-alkyl or cyclic N) is 1. The van der Waals surface area contributed by atoms with Crippen LogP contribution in [0.15, 0.2) is 6.33 Å². The zero-order chi connectivity index (χ0) is 25.8. The van der Waals surface area contributed by atoms with E-state index in [1.165, 1.54) is 6.33 Å². The molecule has 2 unspecified atom stereocenters. The fraction of sp³-hybridized carbons (Fsp3) is 0.773. The van der Waals surface area contributed by atoms with Gasteiger partial charge in [-0.3, -0.25) is 9.69 Å². The van der Waals surface area contributed by atoms with E-state index in [1.807, 2.05) is 6.92 Å². The summed E-state index contributed by atoms with van der Waals surface area (Å²) in [5.41, 5.74) is 3.62. The van der Waals surface area contributed by atoms with Crippen molar-refractivity contribution in [2.24, 2.45) is 17.6 Å². The van der Waals surface area contributed by atoms with Gasteiger partial charge in [0.1, 0.15) is 11.9 Å². The van der Waals surface area contributed by atoms with E-state index in [4.69, 9.17) is 5.73 Å². The molecule has 2 atom stereocenters. The third-order valence-corrected chi connectivity index (χ3v) is 7.09. The number of amides is 1. The molecule has 0 spiro atoms. The second-order valence-electron chi connectivity index (χ2n) is 9.58. The standard InChI is InChI=1S/C22H34F4N6O3/c1-2-32(9-14-3-5-15(6-4-14)22(24,25)26)20-18(23)19(29-13-30-20)28-12-21(35)7-8-31(10-16(21)33)11-17(27)34/h13-16,33,35H,2-12H2,1H3,(H2,27,34)(H,28,29,30). The van der Waals surface area contributed by atoms with E-state index < -0.39 is 35.5 Å². The number of piperidine rings is 1. The summed E-state index contributed by atoms with van der Waals surface area (Å²) in [6, 6.07) is 0. The van der Waals surface area contributed by atoms with Crippen molar-refractivity contribution in [2.45, 2.75) is 56.9 Å². The summed E-state index contributed by atoms with van der Waals surface area (Å²) in [6.07, 6.45) is -3.08. The van der Waals surface area contributed by atoms with Crippen molar-refractivity contribution >= 4 is 17.5 Å². The highest BCUT2D eigenvalue weighted by Crippen LogP contribution is 2.40.